The van der Waals surface area contributed by atoms with Crippen LogP contribution in [0.3, 0.4) is 0 Å². The fourth-order valence-electron chi connectivity index (χ4n) is 4.53. The number of halogens is 1. The second kappa shape index (κ2) is 12.4. The van der Waals surface area contributed by atoms with Gasteiger partial charge in [-0.25, -0.2) is 4.39 Å². The van der Waals surface area contributed by atoms with Gasteiger partial charge in [0.15, 0.2) is 0 Å². The molecule has 0 spiro atoms. The van der Waals surface area contributed by atoms with E-state index >= 15 is 4.39 Å². The van der Waals surface area contributed by atoms with Crippen LogP contribution in [0.4, 0.5) is 4.39 Å². The zero-order chi connectivity index (χ0) is 24.5. The third-order valence-electron chi connectivity index (χ3n) is 6.65. The molecule has 35 heavy (non-hydrogen) atoms. The molecule has 0 saturated carbocycles. The first-order valence-corrected chi connectivity index (χ1v) is 13.1. The van der Waals surface area contributed by atoms with E-state index in [4.69, 9.17) is 0 Å². The summed E-state index contributed by atoms with van der Waals surface area (Å²) in [7, 11) is 0. The molecule has 0 aliphatic rings. The summed E-state index contributed by atoms with van der Waals surface area (Å²) in [6.45, 7) is 4.42. The minimum atomic E-state index is -0.108. The quantitative estimate of drug-likeness (QED) is 0.172. The van der Waals surface area contributed by atoms with Crippen LogP contribution < -0.4 is 0 Å². The number of fused-ring (bicyclic) bond motifs is 1. The molecule has 0 aliphatic carbocycles. The molecule has 0 saturated heterocycles. The summed E-state index contributed by atoms with van der Waals surface area (Å²) in [6, 6.07) is 27.0. The van der Waals surface area contributed by atoms with E-state index < -0.39 is 0 Å². The van der Waals surface area contributed by atoms with Gasteiger partial charge in [0, 0.05) is 16.5 Å². The molecule has 1 heteroatoms. The average molecular weight is 463 g/mol. The lowest BCUT2D eigenvalue weighted by molar-refractivity contribution is 0.620. The summed E-state index contributed by atoms with van der Waals surface area (Å²) in [5.74, 6) is 6.39. The van der Waals surface area contributed by atoms with Crippen LogP contribution in [0, 0.1) is 17.7 Å². The lowest BCUT2D eigenvalue weighted by atomic mass is 9.98. The molecule has 0 aliphatic heterocycles. The molecule has 0 unspecified atom stereocenters. The Labute approximate surface area is 210 Å². The molecule has 0 N–H and O–H groups in total. The van der Waals surface area contributed by atoms with Crippen molar-refractivity contribution < 1.29 is 4.39 Å². The molecule has 0 radical (unpaired) electrons. The number of aryl methyl sites for hydroxylation is 4. The van der Waals surface area contributed by atoms with Crippen molar-refractivity contribution in [3.8, 4) is 11.8 Å². The van der Waals surface area contributed by atoms with Crippen molar-refractivity contribution in [3.05, 3.63) is 118 Å². The summed E-state index contributed by atoms with van der Waals surface area (Å²) in [5.41, 5.74) is 6.68. The van der Waals surface area contributed by atoms with Crippen LogP contribution in [0.1, 0.15) is 72.9 Å². The fraction of sp³-hybridized carbons (Fsp3) is 0.294. The summed E-state index contributed by atoms with van der Waals surface area (Å²) < 4.78 is 15.2. The highest BCUT2D eigenvalue weighted by atomic mass is 19.1. The Morgan fingerprint density at radius 3 is 1.91 bits per heavy atom. The van der Waals surface area contributed by atoms with Gasteiger partial charge >= 0.3 is 0 Å². The SMILES string of the molecule is CCCCCc1ccc(C#Cc2ccc3c(F)c(CCc4ccc(CCC)cc4)ccc3c2)cc1. The lowest BCUT2D eigenvalue weighted by Gasteiger charge is -2.08. The van der Waals surface area contributed by atoms with Crippen LogP contribution in [0.2, 0.25) is 0 Å². The summed E-state index contributed by atoms with van der Waals surface area (Å²) in [4.78, 5) is 0. The summed E-state index contributed by atoms with van der Waals surface area (Å²) in [6.07, 6.45) is 8.69. The standard InChI is InChI=1S/C34H35F/c1-3-5-6-8-27-11-15-28(16-12-27)17-18-30-20-24-33-32(25-30)23-22-31(34(33)35)21-19-29-13-9-26(7-4-2)10-14-29/h9-16,20,22-25H,3-8,19,21H2,1-2H3. The van der Waals surface area contributed by atoms with Crippen molar-refractivity contribution in [2.75, 3.05) is 0 Å². The number of unbranched alkanes of at least 4 members (excludes halogenated alkanes) is 2. The van der Waals surface area contributed by atoms with Gasteiger partial charge in [-0.05, 0) is 84.0 Å². The van der Waals surface area contributed by atoms with Crippen molar-refractivity contribution in [2.24, 2.45) is 0 Å². The monoisotopic (exact) mass is 462 g/mol. The minimum absolute atomic E-state index is 0.108. The summed E-state index contributed by atoms with van der Waals surface area (Å²) >= 11 is 0. The Kier molecular flexibility index (Phi) is 8.74. The number of hydrogen-bond donors (Lipinski definition) is 0. The van der Waals surface area contributed by atoms with E-state index in [1.54, 1.807) is 0 Å². The van der Waals surface area contributed by atoms with Gasteiger partial charge in [0.25, 0.3) is 0 Å². The third-order valence-corrected chi connectivity index (χ3v) is 6.65. The molecule has 0 bridgehead atoms. The molecular formula is C34H35F. The van der Waals surface area contributed by atoms with E-state index in [9.17, 15) is 0 Å². The Balaban J connectivity index is 1.42. The minimum Gasteiger partial charge on any atom is -0.206 e. The molecule has 0 nitrogen and oxygen atoms in total. The molecular weight excluding hydrogens is 427 g/mol. The Morgan fingerprint density at radius 2 is 1.20 bits per heavy atom. The van der Waals surface area contributed by atoms with E-state index in [-0.39, 0.29) is 5.82 Å². The Hall–Kier alpha value is -3.37. The van der Waals surface area contributed by atoms with Gasteiger partial charge in [-0.3, -0.25) is 0 Å². The molecule has 0 aromatic heterocycles. The predicted molar refractivity (Wildman–Crippen MR) is 147 cm³/mol. The highest BCUT2D eigenvalue weighted by molar-refractivity contribution is 5.85. The molecule has 0 atom stereocenters. The van der Waals surface area contributed by atoms with Crippen LogP contribution in [-0.4, -0.2) is 0 Å². The first-order chi connectivity index (χ1) is 17.2. The summed E-state index contributed by atoms with van der Waals surface area (Å²) in [5, 5.41) is 1.57. The average Bonchev–Trinajstić information content (AvgIpc) is 2.89. The second-order valence-electron chi connectivity index (χ2n) is 9.45. The van der Waals surface area contributed by atoms with E-state index in [2.05, 4.69) is 74.2 Å². The maximum atomic E-state index is 15.2. The van der Waals surface area contributed by atoms with Crippen LogP contribution in [-0.2, 0) is 25.7 Å². The van der Waals surface area contributed by atoms with E-state index in [1.807, 2.05) is 30.3 Å². The van der Waals surface area contributed by atoms with Gasteiger partial charge in [-0.15, -0.1) is 0 Å². The Bertz CT molecular complexity index is 1300. The normalized spacial score (nSPS) is 10.8. The molecule has 4 rings (SSSR count). The molecule has 4 aromatic carbocycles. The maximum absolute atomic E-state index is 15.2. The number of hydrogen-bond acceptors (Lipinski definition) is 0. The van der Waals surface area contributed by atoms with Gasteiger partial charge in [0.2, 0.25) is 0 Å². The third kappa shape index (κ3) is 6.83. The number of rotatable bonds is 9. The second-order valence-corrected chi connectivity index (χ2v) is 9.45. The van der Waals surface area contributed by atoms with Gasteiger partial charge in [-0.1, -0.05) is 99.5 Å². The van der Waals surface area contributed by atoms with E-state index in [0.717, 1.165) is 47.8 Å². The van der Waals surface area contributed by atoms with Gasteiger partial charge < -0.3 is 0 Å². The van der Waals surface area contributed by atoms with Crippen molar-refractivity contribution in [2.45, 2.75) is 65.2 Å². The highest BCUT2D eigenvalue weighted by Gasteiger charge is 2.08. The van der Waals surface area contributed by atoms with Crippen LogP contribution in [0.5, 0.6) is 0 Å². The van der Waals surface area contributed by atoms with Gasteiger partial charge in [0.1, 0.15) is 5.82 Å². The van der Waals surface area contributed by atoms with Crippen LogP contribution in [0.25, 0.3) is 10.8 Å². The van der Waals surface area contributed by atoms with Gasteiger partial charge in [0.05, 0.1) is 0 Å². The number of benzene rings is 4. The van der Waals surface area contributed by atoms with Crippen LogP contribution in [0.15, 0.2) is 78.9 Å². The first-order valence-electron chi connectivity index (χ1n) is 13.1. The maximum Gasteiger partial charge on any atom is 0.134 e. The highest BCUT2D eigenvalue weighted by Crippen LogP contribution is 2.24. The smallest absolute Gasteiger partial charge is 0.134 e. The van der Waals surface area contributed by atoms with Crippen molar-refractivity contribution in [3.63, 3.8) is 0 Å². The Morgan fingerprint density at radius 1 is 0.571 bits per heavy atom. The largest absolute Gasteiger partial charge is 0.206 e. The van der Waals surface area contributed by atoms with E-state index in [1.165, 1.54) is 36.0 Å². The molecule has 178 valence electrons. The molecule has 0 fully saturated rings. The topological polar surface area (TPSA) is 0 Å². The van der Waals surface area contributed by atoms with Crippen molar-refractivity contribution in [1.29, 1.82) is 0 Å². The van der Waals surface area contributed by atoms with Crippen molar-refractivity contribution >= 4 is 10.8 Å². The molecule has 0 heterocycles. The lowest BCUT2D eigenvalue weighted by Crippen LogP contribution is -1.96. The van der Waals surface area contributed by atoms with Crippen molar-refractivity contribution in [1.82, 2.24) is 0 Å². The van der Waals surface area contributed by atoms with Gasteiger partial charge in [-0.2, -0.15) is 0 Å². The molecule has 0 amide bonds. The van der Waals surface area contributed by atoms with E-state index in [0.29, 0.717) is 11.8 Å². The predicted octanol–water partition coefficient (Wildman–Crippen LogP) is 8.85. The first kappa shape index (κ1) is 24.7. The zero-order valence-corrected chi connectivity index (χ0v) is 21.0. The fourth-order valence-corrected chi connectivity index (χ4v) is 4.53. The zero-order valence-electron chi connectivity index (χ0n) is 21.0. The van der Waals surface area contributed by atoms with Crippen LogP contribution >= 0.6 is 0 Å². The molecule has 4 aromatic rings.